The summed E-state index contributed by atoms with van der Waals surface area (Å²) in [6.07, 6.45) is 0. The Bertz CT molecular complexity index is 341. The topological polar surface area (TPSA) is 241 Å². The van der Waals surface area contributed by atoms with E-state index in [2.05, 4.69) is 0 Å². The average molecular weight is 422 g/mol. The molecule has 0 amide bonds. The predicted molar refractivity (Wildman–Crippen MR) is 34.7 cm³/mol. The van der Waals surface area contributed by atoms with Gasteiger partial charge in [-0.15, -0.1) is 0 Å². The standard InChI is InChI=1S/3Cr.12O.2H6P/h;;;;;;;;;;;;;;;2*1H6/q;;;;;;;;;6*-1;2*+3. The second kappa shape index (κ2) is 12.1. The summed E-state index contributed by atoms with van der Waals surface area (Å²) < 4.78 is 103. The normalized spacial score (nSPS) is 10.2. The van der Waals surface area contributed by atoms with Gasteiger partial charge in [0.25, 0.3) is 0 Å². The van der Waals surface area contributed by atoms with Gasteiger partial charge in [-0.2, -0.15) is 0 Å². The zero-order valence-corrected chi connectivity index (χ0v) is 9.95. The Balaban J connectivity index is -0.0000000400. The first-order valence-electron chi connectivity index (χ1n) is 2.00. The van der Waals surface area contributed by atoms with E-state index >= 15 is 0 Å². The van der Waals surface area contributed by atoms with Crippen LogP contribution in [-0.4, -0.2) is 0 Å². The van der Waals surface area contributed by atoms with Crippen molar-refractivity contribution in [3.63, 3.8) is 0 Å². The Morgan fingerprint density at radius 2 is 0.412 bits per heavy atom. The third kappa shape index (κ3) is 3710. The van der Waals surface area contributed by atoms with Crippen molar-refractivity contribution in [1.29, 1.82) is 0 Å². The van der Waals surface area contributed by atoms with Crippen molar-refractivity contribution in [3.05, 3.63) is 0 Å². The molecule has 0 N–H and O–H groups in total. The predicted octanol–water partition coefficient (Wildman–Crippen LogP) is -9.34. The van der Waals surface area contributed by atoms with Crippen molar-refractivity contribution in [1.82, 2.24) is 0 Å². The van der Waals surface area contributed by atoms with E-state index in [1.807, 2.05) is 0 Å². The van der Waals surface area contributed by atoms with E-state index in [1.165, 1.54) is 0 Å². The van der Waals surface area contributed by atoms with Gasteiger partial charge in [-0.05, 0) is 0 Å². The third-order valence-corrected chi connectivity index (χ3v) is 0. The Kier molecular flexibility index (Phi) is 21.9. The van der Waals surface area contributed by atoms with E-state index < -0.39 is 40.8 Å². The molecule has 0 aromatic heterocycles. The molecule has 0 unspecified atom stereocenters. The quantitative estimate of drug-likeness (QED) is 0.331. The zero-order valence-electron chi connectivity index (χ0n) is 6.12. The maximum absolute atomic E-state index is 8.59. The molecule has 0 aromatic carbocycles. The first-order chi connectivity index (χ1) is 6.00. The van der Waals surface area contributed by atoms with Crippen molar-refractivity contribution >= 4 is 19.8 Å². The van der Waals surface area contributed by atoms with Crippen molar-refractivity contribution in [3.8, 4) is 0 Å². The maximum atomic E-state index is 8.59. The van der Waals surface area contributed by atoms with Crippen LogP contribution in [0.2, 0.25) is 0 Å². The Hall–Kier alpha value is 1.02. The van der Waals surface area contributed by atoms with Gasteiger partial charge in [-0.3, -0.25) is 19.8 Å². The molecule has 17 heavy (non-hydrogen) atoms. The molecule has 0 radical (unpaired) electrons. The van der Waals surface area contributed by atoms with Crippen LogP contribution in [0.25, 0.3) is 0 Å². The summed E-state index contributed by atoms with van der Waals surface area (Å²) in [4.78, 5) is 0. The fraction of sp³-hybridized carbons (Fsp3) is 0. The van der Waals surface area contributed by atoms with Crippen molar-refractivity contribution in [2.45, 2.75) is 0 Å². The Labute approximate surface area is 108 Å². The molecule has 17 heteroatoms. The molecule has 0 fully saturated rings. The first-order valence-corrected chi connectivity index (χ1v) is 8.25. The Morgan fingerprint density at radius 3 is 0.412 bits per heavy atom. The van der Waals surface area contributed by atoms with Crippen LogP contribution in [0.3, 0.4) is 0 Å². The monoisotopic (exact) mass is 422 g/mol. The van der Waals surface area contributed by atoms with E-state index in [4.69, 9.17) is 47.8 Å². The minimum absolute atomic E-state index is 0. The molecule has 0 saturated heterocycles. The maximum Gasteiger partial charge on any atom is -0.295 e. The van der Waals surface area contributed by atoms with Gasteiger partial charge in [0, 0.05) is 0 Å². The number of rotatable bonds is 0. The molecule has 0 aliphatic heterocycles. The molecule has 0 aromatic rings. The molecular weight excluding hydrogens is 410 g/mol. The van der Waals surface area contributed by atoms with Gasteiger partial charge in [-0.1, -0.05) is 0 Å². The number of hydrogen-bond acceptors (Lipinski definition) is 12. The van der Waals surface area contributed by atoms with Crippen LogP contribution in [0.1, 0.15) is 0 Å². The molecule has 0 heterocycles. The van der Waals surface area contributed by atoms with Crippen molar-refractivity contribution in [2.24, 2.45) is 0 Å². The third-order valence-electron chi connectivity index (χ3n) is 0. The van der Waals surface area contributed by atoms with E-state index in [0.717, 1.165) is 0 Å². The minimum atomic E-state index is -5.75. The van der Waals surface area contributed by atoms with Crippen LogP contribution in [0.5, 0.6) is 0 Å². The second-order valence-corrected chi connectivity index (χ2v) is 5.05. The van der Waals surface area contributed by atoms with Crippen LogP contribution in [0, 0.1) is 0 Å². The summed E-state index contributed by atoms with van der Waals surface area (Å²) in [6.45, 7) is 0. The van der Waals surface area contributed by atoms with Gasteiger partial charge in [-0.25, -0.2) is 0 Å². The fourth-order valence-electron chi connectivity index (χ4n) is 0. The van der Waals surface area contributed by atoms with E-state index in [1.54, 1.807) is 0 Å². The van der Waals surface area contributed by atoms with E-state index in [-0.39, 0.29) is 19.8 Å². The average Bonchev–Trinajstić information content (AvgIpc) is 1.41. The molecular formula is H12Cr3O12P2. The Morgan fingerprint density at radius 1 is 0.412 bits per heavy atom. The first kappa shape index (κ1) is 30.8. The second-order valence-electron chi connectivity index (χ2n) is 1.22. The largest absolute Gasteiger partial charge is 0.295 e. The molecule has 12 nitrogen and oxygen atoms in total. The molecule has 0 rings (SSSR count). The van der Waals surface area contributed by atoms with E-state index in [0.29, 0.717) is 0 Å². The molecule has 0 bridgehead atoms. The van der Waals surface area contributed by atoms with Gasteiger partial charge in [0.1, 0.15) is 0 Å². The van der Waals surface area contributed by atoms with Crippen LogP contribution in [0.15, 0.2) is 0 Å². The molecule has 0 atom stereocenters. The van der Waals surface area contributed by atoms with Crippen LogP contribution in [-0.2, 0) is 63.7 Å². The fourth-order valence-corrected chi connectivity index (χ4v) is 0. The molecule has 112 valence electrons. The summed E-state index contributed by atoms with van der Waals surface area (Å²) in [5.41, 5.74) is 0. The van der Waals surface area contributed by atoms with Crippen molar-refractivity contribution in [2.75, 3.05) is 0 Å². The van der Waals surface area contributed by atoms with Gasteiger partial charge in [0.05, 0.1) is 0 Å². The van der Waals surface area contributed by atoms with Gasteiger partial charge < -0.3 is 0 Å². The van der Waals surface area contributed by atoms with Gasteiger partial charge >= 0.3 is 88.6 Å². The molecule has 0 spiro atoms. The van der Waals surface area contributed by atoms with Gasteiger partial charge in [0.2, 0.25) is 0 Å². The molecule has 0 saturated carbocycles. The van der Waals surface area contributed by atoms with Crippen LogP contribution >= 0.6 is 19.8 Å². The minimum Gasteiger partial charge on any atom is -0.295 e. The van der Waals surface area contributed by atoms with Crippen LogP contribution < -0.4 is 24.9 Å². The van der Waals surface area contributed by atoms with E-state index in [9.17, 15) is 0 Å². The SMILES string of the molecule is [O]=[Cr](=[O])([O-])[O-].[O]=[Cr](=[O])([O-])[O-].[O]=[Cr](=[O])([O-])[O-].[PH6+3].[PH6+3]. The molecule has 0 aliphatic rings. The zero-order chi connectivity index (χ0) is 13.5. The molecule has 0 aliphatic carbocycles. The summed E-state index contributed by atoms with van der Waals surface area (Å²) in [6, 6.07) is 0. The van der Waals surface area contributed by atoms with Crippen molar-refractivity contribution < 1.29 is 88.6 Å². The smallest absolute Gasteiger partial charge is 0.295 e. The summed E-state index contributed by atoms with van der Waals surface area (Å²) in [5.74, 6) is 0. The summed E-state index contributed by atoms with van der Waals surface area (Å²) in [7, 11) is 0. The van der Waals surface area contributed by atoms with Gasteiger partial charge in [0.15, 0.2) is 0 Å². The van der Waals surface area contributed by atoms with Crippen LogP contribution in [0.4, 0.5) is 0 Å². The summed E-state index contributed by atoms with van der Waals surface area (Å²) in [5, 5.41) is 0. The number of hydrogen-bond donors (Lipinski definition) is 0. The summed E-state index contributed by atoms with van der Waals surface area (Å²) >= 11 is -17.2.